The summed E-state index contributed by atoms with van der Waals surface area (Å²) in [6, 6.07) is 0. The lowest BCUT2D eigenvalue weighted by Crippen LogP contribution is -2.64. The molecular formula is C8H17NO8S. The van der Waals surface area contributed by atoms with E-state index in [4.69, 9.17) is 14.4 Å². The maximum atomic E-state index is 10.8. The zero-order valence-corrected chi connectivity index (χ0v) is 10.4. The van der Waals surface area contributed by atoms with Crippen LogP contribution in [0.15, 0.2) is 0 Å². The molecule has 108 valence electrons. The molecule has 0 spiro atoms. The average Bonchev–Trinajstić information content (AvgIpc) is 2.28. The molecule has 1 fully saturated rings. The summed E-state index contributed by atoms with van der Waals surface area (Å²) in [6.45, 7) is 0.486. The van der Waals surface area contributed by atoms with Crippen LogP contribution in [0.5, 0.6) is 0 Å². The molecule has 1 rings (SSSR count). The maximum absolute atomic E-state index is 10.8. The first-order valence-corrected chi connectivity index (χ1v) is 6.71. The minimum Gasteiger partial charge on any atom is -0.394 e. The Bertz CT molecular complexity index is 371. The van der Waals surface area contributed by atoms with Crippen LogP contribution in [0.3, 0.4) is 0 Å². The lowest BCUT2D eigenvalue weighted by atomic mass is 9.98. The summed E-state index contributed by atoms with van der Waals surface area (Å²) in [4.78, 5) is 0. The molecule has 2 unspecified atom stereocenters. The summed E-state index contributed by atoms with van der Waals surface area (Å²) in [5.74, 6) is 0. The van der Waals surface area contributed by atoms with E-state index >= 15 is 0 Å². The van der Waals surface area contributed by atoms with Crippen LogP contribution in [0, 0.1) is 0 Å². The van der Waals surface area contributed by atoms with Crippen LogP contribution in [0.2, 0.25) is 0 Å². The largest absolute Gasteiger partial charge is 0.394 e. The van der Waals surface area contributed by atoms with Crippen molar-refractivity contribution < 1.29 is 38.1 Å². The van der Waals surface area contributed by atoms with Crippen LogP contribution in [-0.2, 0) is 14.9 Å². The highest BCUT2D eigenvalue weighted by atomic mass is 32.2. The number of hydrogen-bond acceptors (Lipinski definition) is 8. The normalized spacial score (nSPS) is 39.6. The van der Waals surface area contributed by atoms with Crippen LogP contribution >= 0.6 is 0 Å². The third kappa shape index (κ3) is 3.36. The van der Waals surface area contributed by atoms with Gasteiger partial charge in [-0.1, -0.05) is 0 Å². The Morgan fingerprint density at radius 2 is 1.78 bits per heavy atom. The fourth-order valence-corrected chi connectivity index (χ4v) is 1.86. The Balaban J connectivity index is 2.76. The fourth-order valence-electron chi connectivity index (χ4n) is 1.56. The lowest BCUT2D eigenvalue weighted by molar-refractivity contribution is -0.236. The Morgan fingerprint density at radius 3 is 2.22 bits per heavy atom. The van der Waals surface area contributed by atoms with Crippen molar-refractivity contribution >= 4 is 10.1 Å². The minimum absolute atomic E-state index is 0.622. The van der Waals surface area contributed by atoms with E-state index in [1.54, 1.807) is 0 Å². The van der Waals surface area contributed by atoms with Gasteiger partial charge in [-0.25, -0.2) is 0 Å². The van der Waals surface area contributed by atoms with Gasteiger partial charge in [0.25, 0.3) is 10.1 Å². The third-order valence-corrected chi connectivity index (χ3v) is 3.77. The Labute approximate surface area is 104 Å². The number of hydrogen-bond donors (Lipinski definition) is 6. The molecule has 0 bridgehead atoms. The molecule has 18 heavy (non-hydrogen) atoms. The van der Waals surface area contributed by atoms with Gasteiger partial charge in [0.2, 0.25) is 0 Å². The molecule has 0 saturated carbocycles. The van der Waals surface area contributed by atoms with Crippen molar-refractivity contribution in [2.45, 2.75) is 42.9 Å². The molecule has 1 aliphatic rings. The molecule has 6 N–H and O–H groups in total. The summed E-state index contributed by atoms with van der Waals surface area (Å²) in [5, 5.41) is 38.2. The number of nitrogens with one attached hydrogen (secondary N) is 1. The first-order chi connectivity index (χ1) is 8.18. The van der Waals surface area contributed by atoms with Crippen LogP contribution in [0.1, 0.15) is 6.92 Å². The highest BCUT2D eigenvalue weighted by Gasteiger charge is 2.44. The first kappa shape index (κ1) is 15.7. The first-order valence-electron chi connectivity index (χ1n) is 5.21. The second kappa shape index (κ2) is 5.75. The molecule has 1 aliphatic heterocycles. The number of aliphatic hydroxyl groups is 4. The molecule has 0 amide bonds. The quantitative estimate of drug-likeness (QED) is 0.290. The zero-order valence-electron chi connectivity index (χ0n) is 9.54. The third-order valence-electron chi connectivity index (χ3n) is 2.74. The van der Waals surface area contributed by atoms with E-state index in [0.717, 1.165) is 6.92 Å². The molecule has 1 saturated heterocycles. The van der Waals surface area contributed by atoms with Gasteiger partial charge >= 0.3 is 0 Å². The van der Waals surface area contributed by atoms with Gasteiger partial charge < -0.3 is 25.2 Å². The van der Waals surface area contributed by atoms with Gasteiger partial charge in [0, 0.05) is 0 Å². The standard InChI is InChI=1S/C8H17NO8S/c1-3(18(14,15)16)9-8-7(13)6(12)5(11)4(2-10)17-8/h3-13H,2H2,1H3,(H,14,15,16)/t3?,4-,5-,6+,7-,8?/m1/s1. The number of aliphatic hydroxyl groups excluding tert-OH is 4. The molecule has 10 heteroatoms. The predicted octanol–water partition coefficient (Wildman–Crippen LogP) is -3.39. The minimum atomic E-state index is -4.39. The van der Waals surface area contributed by atoms with E-state index in [0.29, 0.717) is 0 Å². The summed E-state index contributed by atoms with van der Waals surface area (Å²) < 4.78 is 35.4. The monoisotopic (exact) mass is 287 g/mol. The van der Waals surface area contributed by atoms with Gasteiger partial charge in [0.05, 0.1) is 6.61 Å². The van der Waals surface area contributed by atoms with E-state index in [1.165, 1.54) is 0 Å². The van der Waals surface area contributed by atoms with Crippen molar-refractivity contribution in [1.82, 2.24) is 5.32 Å². The topological polar surface area (TPSA) is 157 Å². The molecule has 0 aliphatic carbocycles. The predicted molar refractivity (Wildman–Crippen MR) is 57.9 cm³/mol. The van der Waals surface area contributed by atoms with Crippen molar-refractivity contribution in [3.63, 3.8) is 0 Å². The maximum Gasteiger partial charge on any atom is 0.280 e. The molecule has 6 atom stereocenters. The average molecular weight is 287 g/mol. The number of ether oxygens (including phenoxy) is 1. The van der Waals surface area contributed by atoms with Gasteiger partial charge in [0.15, 0.2) is 0 Å². The Hall–Kier alpha value is -0.330. The van der Waals surface area contributed by atoms with Gasteiger partial charge in [0.1, 0.15) is 36.0 Å². The zero-order chi connectivity index (χ0) is 14.1. The van der Waals surface area contributed by atoms with Crippen LogP contribution in [0.25, 0.3) is 0 Å². The highest BCUT2D eigenvalue weighted by molar-refractivity contribution is 7.86. The molecule has 0 aromatic carbocycles. The van der Waals surface area contributed by atoms with E-state index in [1.807, 2.05) is 0 Å². The van der Waals surface area contributed by atoms with Crippen molar-refractivity contribution in [1.29, 1.82) is 0 Å². The fraction of sp³-hybridized carbons (Fsp3) is 1.00. The van der Waals surface area contributed by atoms with Gasteiger partial charge in [-0.2, -0.15) is 8.42 Å². The van der Waals surface area contributed by atoms with E-state index < -0.39 is 52.7 Å². The summed E-state index contributed by atoms with van der Waals surface area (Å²) in [7, 11) is -4.39. The summed E-state index contributed by atoms with van der Waals surface area (Å²) in [6.07, 6.45) is -7.23. The second-order valence-electron chi connectivity index (χ2n) is 4.07. The molecule has 0 aromatic heterocycles. The smallest absolute Gasteiger partial charge is 0.280 e. The van der Waals surface area contributed by atoms with E-state index in [-0.39, 0.29) is 0 Å². The number of rotatable bonds is 4. The molecule has 0 radical (unpaired) electrons. The summed E-state index contributed by atoms with van der Waals surface area (Å²) >= 11 is 0. The van der Waals surface area contributed by atoms with E-state index in [2.05, 4.69) is 5.32 Å². The van der Waals surface area contributed by atoms with Crippen LogP contribution in [-0.4, -0.2) is 76.0 Å². The van der Waals surface area contributed by atoms with Crippen molar-refractivity contribution in [3.05, 3.63) is 0 Å². The summed E-state index contributed by atoms with van der Waals surface area (Å²) in [5.41, 5.74) is 0. The second-order valence-corrected chi connectivity index (χ2v) is 5.81. The molecule has 9 nitrogen and oxygen atoms in total. The van der Waals surface area contributed by atoms with Gasteiger partial charge in [-0.05, 0) is 6.92 Å². The van der Waals surface area contributed by atoms with Crippen molar-refractivity contribution in [2.24, 2.45) is 0 Å². The van der Waals surface area contributed by atoms with Crippen molar-refractivity contribution in [3.8, 4) is 0 Å². The molecule has 0 aromatic rings. The SMILES string of the molecule is CC(NC1O[C@H](CO)[C@@H](O)[C@H](O)[C@H]1O)S(=O)(=O)O. The Kier molecular flexibility index (Phi) is 5.03. The Morgan fingerprint density at radius 1 is 1.22 bits per heavy atom. The van der Waals surface area contributed by atoms with Crippen molar-refractivity contribution in [2.75, 3.05) is 6.61 Å². The van der Waals surface area contributed by atoms with Gasteiger partial charge in [-0.3, -0.25) is 9.87 Å². The molecule has 1 heterocycles. The van der Waals surface area contributed by atoms with Crippen LogP contribution in [0.4, 0.5) is 0 Å². The lowest BCUT2D eigenvalue weighted by Gasteiger charge is -2.40. The van der Waals surface area contributed by atoms with Gasteiger partial charge in [-0.15, -0.1) is 0 Å². The van der Waals surface area contributed by atoms with E-state index in [9.17, 15) is 23.7 Å². The van der Waals surface area contributed by atoms with Crippen LogP contribution < -0.4 is 5.32 Å². The molecular weight excluding hydrogens is 270 g/mol. The highest BCUT2D eigenvalue weighted by Crippen LogP contribution is 2.20.